The van der Waals surface area contributed by atoms with Gasteiger partial charge in [-0.1, -0.05) is 40.2 Å². The predicted molar refractivity (Wildman–Crippen MR) is 144 cm³/mol. The predicted octanol–water partition coefficient (Wildman–Crippen LogP) is 6.38. The minimum Gasteiger partial charge on any atom is -0.490 e. The lowest BCUT2D eigenvalue weighted by Gasteiger charge is -2.14. The lowest BCUT2D eigenvalue weighted by Crippen LogP contribution is -2.36. The van der Waals surface area contributed by atoms with Crippen LogP contribution in [-0.4, -0.2) is 35.1 Å². The first-order valence-corrected chi connectivity index (χ1v) is 13.0. The van der Waals surface area contributed by atoms with Gasteiger partial charge in [-0.2, -0.15) is 0 Å². The van der Waals surface area contributed by atoms with Gasteiger partial charge < -0.3 is 14.8 Å². The third-order valence-corrected chi connectivity index (χ3v) is 6.87. The van der Waals surface area contributed by atoms with Crippen LogP contribution in [0.4, 0.5) is 19.3 Å². The first-order chi connectivity index (χ1) is 18.2. The summed E-state index contributed by atoms with van der Waals surface area (Å²) in [6.45, 7) is 1.58. The molecule has 0 aromatic heterocycles. The van der Waals surface area contributed by atoms with E-state index in [1.165, 1.54) is 30.3 Å². The highest BCUT2D eigenvalue weighted by molar-refractivity contribution is 9.10. The van der Waals surface area contributed by atoms with E-state index in [-0.39, 0.29) is 23.0 Å². The van der Waals surface area contributed by atoms with Gasteiger partial charge in [-0.15, -0.1) is 0 Å². The van der Waals surface area contributed by atoms with Crippen LogP contribution in [0.2, 0.25) is 0 Å². The van der Waals surface area contributed by atoms with Crippen LogP contribution in [-0.2, 0) is 16.2 Å². The summed E-state index contributed by atoms with van der Waals surface area (Å²) in [4.78, 5) is 38.7. The van der Waals surface area contributed by atoms with Crippen LogP contribution < -0.4 is 14.8 Å². The number of ether oxygens (including phenoxy) is 2. The normalized spacial score (nSPS) is 14.2. The van der Waals surface area contributed by atoms with Gasteiger partial charge in [-0.3, -0.25) is 19.3 Å². The van der Waals surface area contributed by atoms with Crippen LogP contribution in [0.3, 0.4) is 0 Å². The molecular formula is C27H21BrF2N2O5S. The number of imide groups is 1. The molecule has 3 aromatic carbocycles. The highest BCUT2D eigenvalue weighted by Crippen LogP contribution is 2.38. The number of amides is 3. The van der Waals surface area contributed by atoms with Gasteiger partial charge in [0.25, 0.3) is 11.1 Å². The van der Waals surface area contributed by atoms with Crippen LogP contribution in [0, 0.1) is 11.6 Å². The fourth-order valence-corrected chi connectivity index (χ4v) is 4.77. The molecule has 1 N–H and O–H groups in total. The van der Waals surface area contributed by atoms with E-state index in [4.69, 9.17) is 9.47 Å². The summed E-state index contributed by atoms with van der Waals surface area (Å²) < 4.78 is 39.4. The average molecular weight is 603 g/mol. The van der Waals surface area contributed by atoms with Crippen molar-refractivity contribution < 1.29 is 32.6 Å². The zero-order valence-electron chi connectivity index (χ0n) is 20.0. The molecular weight excluding hydrogens is 582 g/mol. The molecule has 0 aliphatic carbocycles. The van der Waals surface area contributed by atoms with Crippen molar-refractivity contribution in [1.29, 1.82) is 0 Å². The van der Waals surface area contributed by atoms with E-state index in [2.05, 4.69) is 21.2 Å². The van der Waals surface area contributed by atoms with Gasteiger partial charge in [-0.05, 0) is 66.7 Å². The van der Waals surface area contributed by atoms with Gasteiger partial charge in [0.05, 0.1) is 11.5 Å². The highest BCUT2D eigenvalue weighted by Gasteiger charge is 2.36. The molecule has 4 rings (SSSR count). The molecule has 1 saturated heterocycles. The topological polar surface area (TPSA) is 84.9 Å². The van der Waals surface area contributed by atoms with E-state index < -0.39 is 29.4 Å². The third kappa shape index (κ3) is 6.59. The number of hydrogen-bond donors (Lipinski definition) is 1. The Kier molecular flexibility index (Phi) is 8.80. The Morgan fingerprint density at radius 1 is 1.05 bits per heavy atom. The second-order valence-corrected chi connectivity index (χ2v) is 9.81. The SMILES string of the molecule is CCOc1cc(/C=C2/SC(=O)N(CC(=O)Nc3cccc(F)c3)C2=O)c(Br)cc1OCc1ccccc1F. The maximum atomic E-state index is 14.0. The standard InChI is InChI=1S/C27H21BrF2N2O5S/c1-2-36-22-10-17(20(28)13-23(22)37-15-16-6-3-4-9-21(16)30)11-24-26(34)32(27(35)38-24)14-25(33)31-19-8-5-7-18(29)12-19/h3-13H,2,14-15H2,1H3,(H,31,33)/b24-11+. The zero-order valence-corrected chi connectivity index (χ0v) is 22.4. The van der Waals surface area contributed by atoms with E-state index in [0.29, 0.717) is 45.5 Å². The Balaban J connectivity index is 1.50. The summed E-state index contributed by atoms with van der Waals surface area (Å²) in [6, 6.07) is 14.8. The third-order valence-electron chi connectivity index (χ3n) is 5.27. The highest BCUT2D eigenvalue weighted by atomic mass is 79.9. The van der Waals surface area contributed by atoms with Crippen LogP contribution >= 0.6 is 27.7 Å². The molecule has 3 aromatic rings. The Hall–Kier alpha value is -3.70. The number of anilines is 1. The summed E-state index contributed by atoms with van der Waals surface area (Å²) in [6.07, 6.45) is 1.50. The molecule has 7 nitrogen and oxygen atoms in total. The minimum absolute atomic E-state index is 0.0187. The van der Waals surface area contributed by atoms with Gasteiger partial charge in [0.1, 0.15) is 24.8 Å². The van der Waals surface area contributed by atoms with Gasteiger partial charge in [0, 0.05) is 15.7 Å². The van der Waals surface area contributed by atoms with Gasteiger partial charge in [0.2, 0.25) is 5.91 Å². The monoisotopic (exact) mass is 602 g/mol. The first-order valence-electron chi connectivity index (χ1n) is 11.4. The molecule has 38 heavy (non-hydrogen) atoms. The molecule has 0 bridgehead atoms. The van der Waals surface area contributed by atoms with E-state index in [0.717, 1.165) is 11.0 Å². The minimum atomic E-state index is -0.643. The van der Waals surface area contributed by atoms with Gasteiger partial charge >= 0.3 is 0 Å². The molecule has 11 heteroatoms. The van der Waals surface area contributed by atoms with Gasteiger partial charge in [-0.25, -0.2) is 8.78 Å². The zero-order chi connectivity index (χ0) is 27.2. The average Bonchev–Trinajstić information content (AvgIpc) is 3.13. The summed E-state index contributed by atoms with van der Waals surface area (Å²) in [5.41, 5.74) is 1.12. The number of hydrogen-bond acceptors (Lipinski definition) is 6. The molecule has 3 amide bonds. The van der Waals surface area contributed by atoms with Crippen molar-refractivity contribution in [2.45, 2.75) is 13.5 Å². The quantitative estimate of drug-likeness (QED) is 0.286. The van der Waals surface area contributed by atoms with Crippen LogP contribution in [0.5, 0.6) is 11.5 Å². The van der Waals surface area contributed by atoms with Crippen LogP contribution in [0.25, 0.3) is 6.08 Å². The molecule has 0 atom stereocenters. The van der Waals surface area contributed by atoms with Crippen molar-refractivity contribution in [2.24, 2.45) is 0 Å². The summed E-state index contributed by atoms with van der Waals surface area (Å²) in [5.74, 6) is -1.47. The first kappa shape index (κ1) is 27.3. The summed E-state index contributed by atoms with van der Waals surface area (Å²) >= 11 is 4.14. The Morgan fingerprint density at radius 2 is 1.82 bits per heavy atom. The molecule has 1 fully saturated rings. The number of nitrogens with one attached hydrogen (secondary N) is 1. The second kappa shape index (κ2) is 12.2. The maximum Gasteiger partial charge on any atom is 0.294 e. The van der Waals surface area contributed by atoms with Crippen molar-refractivity contribution in [3.8, 4) is 11.5 Å². The molecule has 0 unspecified atom stereocenters. The Bertz CT molecular complexity index is 1430. The molecule has 1 heterocycles. The lowest BCUT2D eigenvalue weighted by molar-refractivity contribution is -0.127. The number of halogens is 3. The maximum absolute atomic E-state index is 14.0. The summed E-state index contributed by atoms with van der Waals surface area (Å²) in [5, 5.41) is 1.85. The van der Waals surface area contributed by atoms with E-state index >= 15 is 0 Å². The number of thioether (sulfide) groups is 1. The second-order valence-electron chi connectivity index (χ2n) is 7.96. The summed E-state index contributed by atoms with van der Waals surface area (Å²) in [7, 11) is 0. The molecule has 0 spiro atoms. The van der Waals surface area contributed by atoms with E-state index in [1.807, 2.05) is 0 Å². The van der Waals surface area contributed by atoms with Crippen molar-refractivity contribution in [1.82, 2.24) is 4.90 Å². The molecule has 0 radical (unpaired) electrons. The van der Waals surface area contributed by atoms with E-state index in [1.54, 1.807) is 37.3 Å². The van der Waals surface area contributed by atoms with E-state index in [9.17, 15) is 23.2 Å². The van der Waals surface area contributed by atoms with Crippen molar-refractivity contribution >= 4 is 56.5 Å². The largest absolute Gasteiger partial charge is 0.490 e. The fraction of sp³-hybridized carbons (Fsp3) is 0.148. The van der Waals surface area contributed by atoms with Gasteiger partial charge in [0.15, 0.2) is 11.5 Å². The van der Waals surface area contributed by atoms with Crippen LogP contribution in [0.1, 0.15) is 18.1 Å². The Morgan fingerprint density at radius 3 is 2.55 bits per heavy atom. The smallest absolute Gasteiger partial charge is 0.294 e. The number of benzene rings is 3. The number of carbonyl (C=O) groups excluding carboxylic acids is 3. The van der Waals surface area contributed by atoms with Crippen molar-refractivity contribution in [2.75, 3.05) is 18.5 Å². The molecule has 0 saturated carbocycles. The molecule has 1 aliphatic rings. The van der Waals surface area contributed by atoms with Crippen molar-refractivity contribution in [3.63, 3.8) is 0 Å². The fourth-order valence-electron chi connectivity index (χ4n) is 3.50. The number of rotatable bonds is 9. The lowest BCUT2D eigenvalue weighted by atomic mass is 10.1. The number of carbonyl (C=O) groups is 3. The Labute approximate surface area is 229 Å². The number of nitrogens with zero attached hydrogens (tertiary/aromatic N) is 1. The molecule has 1 aliphatic heterocycles. The van der Waals surface area contributed by atoms with Crippen LogP contribution in [0.15, 0.2) is 70.0 Å². The van der Waals surface area contributed by atoms with Crippen molar-refractivity contribution in [3.05, 3.63) is 92.8 Å². The molecule has 196 valence electrons.